The number of urea groups is 1. The van der Waals surface area contributed by atoms with Gasteiger partial charge in [-0.3, -0.25) is 9.78 Å². The summed E-state index contributed by atoms with van der Waals surface area (Å²) in [6, 6.07) is 3.56. The first-order valence-electron chi connectivity index (χ1n) is 8.07. The minimum absolute atomic E-state index is 0.0274. The van der Waals surface area contributed by atoms with Crippen LogP contribution >= 0.6 is 0 Å². The molecule has 0 aromatic carbocycles. The van der Waals surface area contributed by atoms with E-state index in [1.807, 2.05) is 12.1 Å². The molecule has 0 bridgehead atoms. The van der Waals surface area contributed by atoms with Crippen LogP contribution < -0.4 is 16.4 Å². The molecule has 126 valence electrons. The SMILES string of the molecule is NC(=O)C1CCCN(CCCNC(=O)NCc2ccncc2)C1. The molecule has 1 aromatic heterocycles. The quantitative estimate of drug-likeness (QED) is 0.636. The number of carbonyl (C=O) groups is 2. The summed E-state index contributed by atoms with van der Waals surface area (Å²) in [6.45, 7) is 3.71. The van der Waals surface area contributed by atoms with Crippen molar-refractivity contribution < 1.29 is 9.59 Å². The molecule has 7 nitrogen and oxygen atoms in total. The lowest BCUT2D eigenvalue weighted by molar-refractivity contribution is -0.123. The highest BCUT2D eigenvalue weighted by molar-refractivity contribution is 5.77. The Bertz CT molecular complexity index is 508. The summed E-state index contributed by atoms with van der Waals surface area (Å²) in [5.41, 5.74) is 6.39. The summed E-state index contributed by atoms with van der Waals surface area (Å²) >= 11 is 0. The number of nitrogens with two attached hydrogens (primary N) is 1. The zero-order chi connectivity index (χ0) is 16.5. The Balaban J connectivity index is 1.56. The van der Waals surface area contributed by atoms with E-state index in [1.165, 1.54) is 0 Å². The zero-order valence-electron chi connectivity index (χ0n) is 13.3. The number of piperidine rings is 1. The van der Waals surface area contributed by atoms with Crippen molar-refractivity contribution in [2.45, 2.75) is 25.8 Å². The van der Waals surface area contributed by atoms with Crippen LogP contribution in [0.1, 0.15) is 24.8 Å². The molecule has 1 aliphatic heterocycles. The van der Waals surface area contributed by atoms with Crippen molar-refractivity contribution in [3.05, 3.63) is 30.1 Å². The molecule has 0 spiro atoms. The van der Waals surface area contributed by atoms with Gasteiger partial charge in [0, 0.05) is 32.0 Å². The highest BCUT2D eigenvalue weighted by atomic mass is 16.2. The Morgan fingerprint density at radius 3 is 2.83 bits per heavy atom. The van der Waals surface area contributed by atoms with Crippen LogP contribution in [0.4, 0.5) is 4.79 Å². The van der Waals surface area contributed by atoms with E-state index < -0.39 is 0 Å². The van der Waals surface area contributed by atoms with Crippen LogP contribution in [0.25, 0.3) is 0 Å². The van der Waals surface area contributed by atoms with Crippen molar-refractivity contribution in [3.8, 4) is 0 Å². The zero-order valence-corrected chi connectivity index (χ0v) is 13.3. The van der Waals surface area contributed by atoms with Crippen molar-refractivity contribution in [2.75, 3.05) is 26.2 Å². The van der Waals surface area contributed by atoms with Crippen LogP contribution in [0.3, 0.4) is 0 Å². The summed E-state index contributed by atoms with van der Waals surface area (Å²) in [6.07, 6.45) is 6.16. The monoisotopic (exact) mass is 319 g/mol. The number of hydrogen-bond acceptors (Lipinski definition) is 4. The molecule has 0 saturated carbocycles. The van der Waals surface area contributed by atoms with Crippen LogP contribution in [-0.2, 0) is 11.3 Å². The average Bonchev–Trinajstić information content (AvgIpc) is 2.58. The van der Waals surface area contributed by atoms with Gasteiger partial charge < -0.3 is 21.3 Å². The number of hydrogen-bond donors (Lipinski definition) is 3. The second-order valence-electron chi connectivity index (χ2n) is 5.86. The van der Waals surface area contributed by atoms with Crippen molar-refractivity contribution in [1.29, 1.82) is 0 Å². The van der Waals surface area contributed by atoms with Crippen LogP contribution in [0.2, 0.25) is 0 Å². The molecule has 3 amide bonds. The molecular formula is C16H25N5O2. The summed E-state index contributed by atoms with van der Waals surface area (Å²) in [7, 11) is 0. The third kappa shape index (κ3) is 6.23. The van der Waals surface area contributed by atoms with Gasteiger partial charge in [-0.25, -0.2) is 4.79 Å². The van der Waals surface area contributed by atoms with Crippen LogP contribution in [0, 0.1) is 5.92 Å². The molecule has 0 radical (unpaired) electrons. The molecule has 23 heavy (non-hydrogen) atoms. The number of amides is 3. The summed E-state index contributed by atoms with van der Waals surface area (Å²) in [5.74, 6) is -0.233. The molecule has 1 fully saturated rings. The Morgan fingerprint density at radius 1 is 1.30 bits per heavy atom. The number of carbonyl (C=O) groups excluding carboxylic acids is 2. The first-order chi connectivity index (χ1) is 11.1. The Hall–Kier alpha value is -2.15. The fourth-order valence-corrected chi connectivity index (χ4v) is 2.74. The van der Waals surface area contributed by atoms with Gasteiger partial charge in [-0.2, -0.15) is 0 Å². The molecule has 1 saturated heterocycles. The molecule has 7 heteroatoms. The number of aromatic nitrogens is 1. The van der Waals surface area contributed by atoms with Gasteiger partial charge >= 0.3 is 6.03 Å². The number of likely N-dealkylation sites (tertiary alicyclic amines) is 1. The van der Waals surface area contributed by atoms with Crippen LogP contribution in [0.15, 0.2) is 24.5 Å². The van der Waals surface area contributed by atoms with Crippen LogP contribution in [-0.4, -0.2) is 48.0 Å². The van der Waals surface area contributed by atoms with Gasteiger partial charge in [0.05, 0.1) is 5.92 Å². The molecule has 1 aromatic rings. The summed E-state index contributed by atoms with van der Waals surface area (Å²) < 4.78 is 0. The van der Waals surface area contributed by atoms with Gasteiger partial charge in [0.2, 0.25) is 5.91 Å². The fourth-order valence-electron chi connectivity index (χ4n) is 2.74. The van der Waals surface area contributed by atoms with Crippen molar-refractivity contribution in [3.63, 3.8) is 0 Å². The van der Waals surface area contributed by atoms with Gasteiger partial charge in [0.25, 0.3) is 0 Å². The lowest BCUT2D eigenvalue weighted by Gasteiger charge is -2.31. The van der Waals surface area contributed by atoms with E-state index in [-0.39, 0.29) is 17.9 Å². The first kappa shape index (κ1) is 17.2. The average molecular weight is 319 g/mol. The smallest absolute Gasteiger partial charge is 0.315 e. The minimum Gasteiger partial charge on any atom is -0.369 e. The molecule has 0 aliphatic carbocycles. The Kier molecular flexibility index (Phi) is 6.80. The maximum atomic E-state index is 11.7. The highest BCUT2D eigenvalue weighted by Gasteiger charge is 2.23. The molecular weight excluding hydrogens is 294 g/mol. The molecule has 1 unspecified atom stereocenters. The maximum Gasteiger partial charge on any atom is 0.315 e. The van der Waals surface area contributed by atoms with Gasteiger partial charge in [-0.05, 0) is 50.0 Å². The lowest BCUT2D eigenvalue weighted by Crippen LogP contribution is -2.42. The van der Waals surface area contributed by atoms with E-state index in [2.05, 4.69) is 20.5 Å². The standard InChI is InChI=1S/C16H25N5O2/c17-15(22)14-3-1-9-21(12-14)10-2-6-19-16(23)20-11-13-4-7-18-8-5-13/h4-5,7-8,14H,1-3,6,9-12H2,(H2,17,22)(H2,19,20,23). The second kappa shape index (κ2) is 9.09. The molecule has 2 rings (SSSR count). The van der Waals surface area contributed by atoms with E-state index in [9.17, 15) is 9.59 Å². The summed E-state index contributed by atoms with van der Waals surface area (Å²) in [5, 5.41) is 5.65. The predicted octanol–water partition coefficient (Wildman–Crippen LogP) is 0.468. The first-order valence-corrected chi connectivity index (χ1v) is 8.07. The fraction of sp³-hybridized carbons (Fsp3) is 0.562. The third-order valence-corrected chi connectivity index (χ3v) is 4.05. The van der Waals surface area contributed by atoms with Gasteiger partial charge in [0.15, 0.2) is 0 Å². The molecule has 1 aliphatic rings. The van der Waals surface area contributed by atoms with E-state index in [0.29, 0.717) is 13.1 Å². The van der Waals surface area contributed by atoms with E-state index in [1.54, 1.807) is 12.4 Å². The Morgan fingerprint density at radius 2 is 2.09 bits per heavy atom. The minimum atomic E-state index is -0.205. The number of pyridine rings is 1. The lowest BCUT2D eigenvalue weighted by atomic mass is 9.97. The van der Waals surface area contributed by atoms with Crippen molar-refractivity contribution in [1.82, 2.24) is 20.5 Å². The number of nitrogens with one attached hydrogen (secondary N) is 2. The van der Waals surface area contributed by atoms with Gasteiger partial charge in [0.1, 0.15) is 0 Å². The highest BCUT2D eigenvalue weighted by Crippen LogP contribution is 2.15. The second-order valence-corrected chi connectivity index (χ2v) is 5.86. The number of nitrogens with zero attached hydrogens (tertiary/aromatic N) is 2. The maximum absolute atomic E-state index is 11.7. The number of rotatable bonds is 7. The van der Waals surface area contributed by atoms with Crippen molar-refractivity contribution in [2.24, 2.45) is 11.7 Å². The van der Waals surface area contributed by atoms with E-state index in [4.69, 9.17) is 5.73 Å². The van der Waals surface area contributed by atoms with Gasteiger partial charge in [-0.1, -0.05) is 0 Å². The normalized spacial score (nSPS) is 18.3. The molecule has 4 N–H and O–H groups in total. The van der Waals surface area contributed by atoms with E-state index in [0.717, 1.165) is 44.5 Å². The molecule has 1 atom stereocenters. The number of primary amides is 1. The largest absolute Gasteiger partial charge is 0.369 e. The van der Waals surface area contributed by atoms with Crippen LogP contribution in [0.5, 0.6) is 0 Å². The van der Waals surface area contributed by atoms with Crippen molar-refractivity contribution >= 4 is 11.9 Å². The third-order valence-electron chi connectivity index (χ3n) is 4.05. The predicted molar refractivity (Wildman–Crippen MR) is 87.5 cm³/mol. The topological polar surface area (TPSA) is 100 Å². The van der Waals surface area contributed by atoms with E-state index >= 15 is 0 Å². The Labute approximate surface area is 136 Å². The summed E-state index contributed by atoms with van der Waals surface area (Å²) in [4.78, 5) is 29.1. The van der Waals surface area contributed by atoms with Gasteiger partial charge in [-0.15, -0.1) is 0 Å². The molecule has 2 heterocycles.